The Morgan fingerprint density at radius 1 is 1.64 bits per heavy atom. The number of nitrogens with one attached hydrogen (secondary N) is 1. The van der Waals surface area contributed by atoms with Gasteiger partial charge in [0.15, 0.2) is 5.69 Å². The highest BCUT2D eigenvalue weighted by Crippen LogP contribution is 1.96. The van der Waals surface area contributed by atoms with E-state index in [4.69, 9.17) is 0 Å². The predicted octanol–water partition coefficient (Wildman–Crippen LogP) is 0.954. The number of carbonyl (C=O) groups excluding carboxylic acids is 1. The normalized spacial score (nSPS) is 9.27. The Kier molecular flexibility index (Phi) is 2.15. The molecular weight excluding hydrogens is 142 g/mol. The maximum absolute atomic E-state index is 11.1. The van der Waals surface area contributed by atoms with Gasteiger partial charge < -0.3 is 0 Å². The first-order chi connectivity index (χ1) is 5.20. The first-order valence-corrected chi connectivity index (χ1v) is 3.25. The molecule has 0 saturated heterocycles. The number of aromatic nitrogens is 3. The summed E-state index contributed by atoms with van der Waals surface area (Å²) >= 11 is 0. The smallest absolute Gasteiger partial charge is 0.207 e. The lowest BCUT2D eigenvalue weighted by Crippen LogP contribution is -1.95. The molecule has 0 saturated carbocycles. The van der Waals surface area contributed by atoms with Gasteiger partial charge in [0.25, 0.3) is 0 Å². The molecule has 0 bridgehead atoms. The van der Waals surface area contributed by atoms with E-state index in [2.05, 4.69) is 15.4 Å². The molecule has 4 heteroatoms. The number of ketones is 1. The first-order valence-electron chi connectivity index (χ1n) is 3.25. The maximum atomic E-state index is 11.1. The molecule has 1 aromatic heterocycles. The van der Waals surface area contributed by atoms with Crippen LogP contribution in [-0.4, -0.2) is 21.2 Å². The summed E-state index contributed by atoms with van der Waals surface area (Å²) in [6, 6.07) is 0. The Morgan fingerprint density at radius 3 is 2.82 bits per heavy atom. The highest BCUT2D eigenvalue weighted by molar-refractivity contribution is 6.03. The van der Waals surface area contributed by atoms with Crippen molar-refractivity contribution in [2.75, 3.05) is 0 Å². The van der Waals surface area contributed by atoms with E-state index in [0.29, 0.717) is 5.69 Å². The van der Waals surface area contributed by atoms with Gasteiger partial charge in [-0.25, -0.2) is 0 Å². The third kappa shape index (κ3) is 2.00. The van der Waals surface area contributed by atoms with Crippen LogP contribution in [0.2, 0.25) is 0 Å². The van der Waals surface area contributed by atoms with Crippen molar-refractivity contribution in [2.45, 2.75) is 13.8 Å². The molecule has 1 heterocycles. The molecule has 0 aliphatic rings. The van der Waals surface area contributed by atoms with Crippen molar-refractivity contribution < 1.29 is 4.79 Å². The number of hydrogen-bond acceptors (Lipinski definition) is 3. The number of carbonyl (C=O) groups is 1. The van der Waals surface area contributed by atoms with E-state index in [1.54, 1.807) is 0 Å². The fourth-order valence-electron chi connectivity index (χ4n) is 0.656. The number of allylic oxidation sites excluding steroid dienone is 2. The minimum Gasteiger partial charge on any atom is -0.287 e. The van der Waals surface area contributed by atoms with Crippen molar-refractivity contribution in [2.24, 2.45) is 0 Å². The van der Waals surface area contributed by atoms with Gasteiger partial charge in [-0.15, -0.1) is 0 Å². The Bertz CT molecular complexity index is 270. The standard InChI is InChI=1S/C7H9N3O/c1-5(2)3-7(11)6-4-8-10-9-6/h3-4H,1-2H3,(H,8,9,10). The quantitative estimate of drug-likeness (QED) is 0.505. The second kappa shape index (κ2) is 3.09. The van der Waals surface area contributed by atoms with Crippen molar-refractivity contribution in [1.29, 1.82) is 0 Å². The molecule has 0 radical (unpaired) electrons. The molecule has 4 nitrogen and oxygen atoms in total. The van der Waals surface area contributed by atoms with Crippen LogP contribution in [0.15, 0.2) is 17.8 Å². The summed E-state index contributed by atoms with van der Waals surface area (Å²) in [6.45, 7) is 3.72. The Labute approximate surface area is 64.3 Å². The van der Waals surface area contributed by atoms with E-state index in [1.807, 2.05) is 13.8 Å². The minimum atomic E-state index is -0.112. The fraction of sp³-hybridized carbons (Fsp3) is 0.286. The topological polar surface area (TPSA) is 58.6 Å². The molecule has 58 valence electrons. The van der Waals surface area contributed by atoms with Crippen LogP contribution in [-0.2, 0) is 0 Å². The molecule has 0 aromatic carbocycles. The van der Waals surface area contributed by atoms with E-state index < -0.39 is 0 Å². The summed E-state index contributed by atoms with van der Waals surface area (Å²) < 4.78 is 0. The lowest BCUT2D eigenvalue weighted by molar-refractivity contribution is 0.104. The molecule has 0 aliphatic carbocycles. The summed E-state index contributed by atoms with van der Waals surface area (Å²) in [5.74, 6) is -0.112. The highest BCUT2D eigenvalue weighted by Gasteiger charge is 2.03. The minimum absolute atomic E-state index is 0.112. The third-order valence-corrected chi connectivity index (χ3v) is 1.09. The second-order valence-corrected chi connectivity index (χ2v) is 2.44. The number of aromatic amines is 1. The number of H-pyrrole nitrogens is 1. The third-order valence-electron chi connectivity index (χ3n) is 1.09. The Morgan fingerprint density at radius 2 is 2.36 bits per heavy atom. The van der Waals surface area contributed by atoms with E-state index in [1.165, 1.54) is 12.3 Å². The van der Waals surface area contributed by atoms with Crippen LogP contribution in [0.25, 0.3) is 0 Å². The largest absolute Gasteiger partial charge is 0.287 e. The SMILES string of the molecule is CC(C)=CC(=O)c1cn[nH]n1. The molecule has 0 unspecified atom stereocenters. The zero-order valence-corrected chi connectivity index (χ0v) is 6.46. The van der Waals surface area contributed by atoms with Gasteiger partial charge in [-0.1, -0.05) is 5.57 Å². The molecular formula is C7H9N3O. The summed E-state index contributed by atoms with van der Waals surface area (Å²) in [6.07, 6.45) is 2.93. The molecule has 0 aliphatic heterocycles. The molecule has 0 amide bonds. The molecule has 1 aromatic rings. The van der Waals surface area contributed by atoms with Crippen LogP contribution in [0.4, 0.5) is 0 Å². The Balaban J connectivity index is 2.80. The van der Waals surface area contributed by atoms with Gasteiger partial charge in [-0.3, -0.25) is 4.79 Å². The zero-order chi connectivity index (χ0) is 8.27. The highest BCUT2D eigenvalue weighted by atomic mass is 16.1. The summed E-state index contributed by atoms with van der Waals surface area (Å²) in [7, 11) is 0. The summed E-state index contributed by atoms with van der Waals surface area (Å²) in [4.78, 5) is 11.1. The molecule has 11 heavy (non-hydrogen) atoms. The van der Waals surface area contributed by atoms with Gasteiger partial charge >= 0.3 is 0 Å². The average molecular weight is 151 g/mol. The molecule has 0 atom stereocenters. The zero-order valence-electron chi connectivity index (χ0n) is 6.46. The number of nitrogens with zero attached hydrogens (tertiary/aromatic N) is 2. The van der Waals surface area contributed by atoms with Crippen molar-refractivity contribution in [3.8, 4) is 0 Å². The van der Waals surface area contributed by atoms with Crippen molar-refractivity contribution in [1.82, 2.24) is 15.4 Å². The van der Waals surface area contributed by atoms with Crippen LogP contribution >= 0.6 is 0 Å². The predicted molar refractivity (Wildman–Crippen MR) is 40.1 cm³/mol. The van der Waals surface area contributed by atoms with Gasteiger partial charge in [0.1, 0.15) is 0 Å². The number of rotatable bonds is 2. The summed E-state index contributed by atoms with van der Waals surface area (Å²) in [5.41, 5.74) is 1.31. The van der Waals surface area contributed by atoms with Gasteiger partial charge in [-0.2, -0.15) is 15.4 Å². The van der Waals surface area contributed by atoms with Gasteiger partial charge in [-0.05, 0) is 19.9 Å². The lowest BCUT2D eigenvalue weighted by atomic mass is 10.2. The average Bonchev–Trinajstić information content (AvgIpc) is 2.35. The van der Waals surface area contributed by atoms with Crippen LogP contribution < -0.4 is 0 Å². The van der Waals surface area contributed by atoms with Crippen molar-refractivity contribution in [3.05, 3.63) is 23.5 Å². The monoisotopic (exact) mass is 151 g/mol. The molecule has 0 spiro atoms. The van der Waals surface area contributed by atoms with Gasteiger partial charge in [0.2, 0.25) is 5.78 Å². The number of hydrogen-bond donors (Lipinski definition) is 1. The summed E-state index contributed by atoms with van der Waals surface area (Å²) in [5, 5.41) is 9.54. The first kappa shape index (κ1) is 7.65. The van der Waals surface area contributed by atoms with Crippen LogP contribution in [0, 0.1) is 0 Å². The van der Waals surface area contributed by atoms with Crippen molar-refractivity contribution in [3.63, 3.8) is 0 Å². The Hall–Kier alpha value is -1.45. The van der Waals surface area contributed by atoms with Gasteiger partial charge in [0, 0.05) is 0 Å². The van der Waals surface area contributed by atoms with E-state index in [0.717, 1.165) is 5.57 Å². The molecule has 1 rings (SSSR count). The second-order valence-electron chi connectivity index (χ2n) is 2.44. The molecule has 1 N–H and O–H groups in total. The van der Waals surface area contributed by atoms with E-state index >= 15 is 0 Å². The van der Waals surface area contributed by atoms with Crippen LogP contribution in [0.3, 0.4) is 0 Å². The van der Waals surface area contributed by atoms with Crippen LogP contribution in [0.1, 0.15) is 24.3 Å². The lowest BCUT2D eigenvalue weighted by Gasteiger charge is -1.86. The van der Waals surface area contributed by atoms with E-state index in [-0.39, 0.29) is 5.78 Å². The fourth-order valence-corrected chi connectivity index (χ4v) is 0.656. The van der Waals surface area contributed by atoms with E-state index in [9.17, 15) is 4.79 Å². The van der Waals surface area contributed by atoms with Crippen LogP contribution in [0.5, 0.6) is 0 Å². The van der Waals surface area contributed by atoms with Crippen molar-refractivity contribution >= 4 is 5.78 Å². The van der Waals surface area contributed by atoms with Gasteiger partial charge in [0.05, 0.1) is 6.20 Å². The molecule has 0 fully saturated rings. The maximum Gasteiger partial charge on any atom is 0.207 e.